The van der Waals surface area contributed by atoms with Gasteiger partial charge in [-0.2, -0.15) is 0 Å². The van der Waals surface area contributed by atoms with Crippen LogP contribution in [0.1, 0.15) is 29.0 Å². The van der Waals surface area contributed by atoms with Crippen LogP contribution in [0.25, 0.3) is 0 Å². The first-order chi connectivity index (χ1) is 10.7. The van der Waals surface area contributed by atoms with Crippen LogP contribution >= 0.6 is 12.2 Å². The molecule has 1 aliphatic heterocycles. The zero-order valence-corrected chi connectivity index (χ0v) is 13.0. The van der Waals surface area contributed by atoms with Gasteiger partial charge in [0.1, 0.15) is 5.69 Å². The van der Waals surface area contributed by atoms with Crippen molar-refractivity contribution >= 4 is 23.6 Å². The number of aromatic nitrogens is 2. The number of hydrogen-bond acceptors (Lipinski definition) is 5. The van der Waals surface area contributed by atoms with Crippen molar-refractivity contribution in [1.82, 2.24) is 9.55 Å². The number of carbonyl (C=O) groups is 1. The molecule has 114 valence electrons. The zero-order chi connectivity index (χ0) is 15.6. The lowest BCUT2D eigenvalue weighted by molar-refractivity contribution is -0.136. The lowest BCUT2D eigenvalue weighted by Gasteiger charge is -2.37. The number of hydrogen-bond donors (Lipinski definition) is 0. The number of ether oxygens (including phenoxy) is 2. The fourth-order valence-corrected chi connectivity index (χ4v) is 2.54. The van der Waals surface area contributed by atoms with Gasteiger partial charge in [-0.15, -0.1) is 0 Å². The molecule has 2 aromatic rings. The van der Waals surface area contributed by atoms with Crippen LogP contribution in [0, 0.1) is 0 Å². The molecule has 1 aliphatic rings. The highest BCUT2D eigenvalue weighted by molar-refractivity contribution is 7.79. The molecular formula is C16H16N2O3S. The van der Waals surface area contributed by atoms with Crippen LogP contribution in [-0.4, -0.2) is 39.7 Å². The highest BCUT2D eigenvalue weighted by Gasteiger charge is 2.41. The highest BCUT2D eigenvalue weighted by atomic mass is 32.1. The number of rotatable bonds is 5. The van der Waals surface area contributed by atoms with E-state index in [4.69, 9.17) is 21.7 Å². The van der Waals surface area contributed by atoms with Crippen LogP contribution in [0.15, 0.2) is 42.9 Å². The molecule has 22 heavy (non-hydrogen) atoms. The number of nitrogens with zero attached hydrogens (tertiary/aromatic N) is 2. The van der Waals surface area contributed by atoms with E-state index in [1.165, 1.54) is 11.6 Å². The van der Waals surface area contributed by atoms with Gasteiger partial charge in [0, 0.05) is 5.37 Å². The molecular weight excluding hydrogens is 300 g/mol. The van der Waals surface area contributed by atoms with E-state index >= 15 is 0 Å². The molecule has 5 nitrogen and oxygen atoms in total. The minimum atomic E-state index is -0.780. The van der Waals surface area contributed by atoms with E-state index in [9.17, 15) is 4.79 Å². The van der Waals surface area contributed by atoms with Crippen molar-refractivity contribution < 1.29 is 14.3 Å². The van der Waals surface area contributed by atoms with Crippen molar-refractivity contribution in [2.24, 2.45) is 0 Å². The van der Waals surface area contributed by atoms with E-state index in [0.29, 0.717) is 18.9 Å². The summed E-state index contributed by atoms with van der Waals surface area (Å²) in [6.07, 6.45) is 3.15. The molecule has 3 rings (SSSR count). The highest BCUT2D eigenvalue weighted by Crippen LogP contribution is 2.24. The molecule has 0 unspecified atom stereocenters. The summed E-state index contributed by atoms with van der Waals surface area (Å²) in [6.45, 7) is 2.63. The van der Waals surface area contributed by atoms with E-state index < -0.39 is 11.6 Å². The molecule has 1 atom stereocenters. The van der Waals surface area contributed by atoms with Crippen LogP contribution in [0.5, 0.6) is 0 Å². The van der Waals surface area contributed by atoms with Gasteiger partial charge in [0.15, 0.2) is 5.60 Å². The van der Waals surface area contributed by atoms with Gasteiger partial charge in [-0.1, -0.05) is 42.5 Å². The predicted octanol–water partition coefficient (Wildman–Crippen LogP) is 2.42. The SMILES string of the molecule is C[C@H](c1ccccc1)n1cncc1C(=O)OC1(C=S)COC1. The molecule has 6 heteroatoms. The Labute approximate surface area is 133 Å². The summed E-state index contributed by atoms with van der Waals surface area (Å²) in [5, 5.41) is 1.45. The van der Waals surface area contributed by atoms with Gasteiger partial charge in [-0.05, 0) is 12.5 Å². The zero-order valence-electron chi connectivity index (χ0n) is 12.1. The summed E-state index contributed by atoms with van der Waals surface area (Å²) < 4.78 is 12.4. The second kappa shape index (κ2) is 5.98. The van der Waals surface area contributed by atoms with Crippen LogP contribution in [-0.2, 0) is 9.47 Å². The van der Waals surface area contributed by atoms with Crippen LogP contribution in [0.3, 0.4) is 0 Å². The van der Waals surface area contributed by atoms with Gasteiger partial charge in [0.2, 0.25) is 0 Å². The predicted molar refractivity (Wildman–Crippen MR) is 85.1 cm³/mol. The molecule has 2 heterocycles. The lowest BCUT2D eigenvalue weighted by atomic mass is 10.1. The Balaban J connectivity index is 1.83. The number of esters is 1. The maximum Gasteiger partial charge on any atom is 0.357 e. The molecule has 1 aromatic carbocycles. The molecule has 1 fully saturated rings. The van der Waals surface area contributed by atoms with Crippen molar-refractivity contribution in [3.63, 3.8) is 0 Å². The summed E-state index contributed by atoms with van der Waals surface area (Å²) >= 11 is 4.94. The summed E-state index contributed by atoms with van der Waals surface area (Å²) in [5.41, 5.74) is 0.711. The second-order valence-corrected chi connectivity index (χ2v) is 5.57. The van der Waals surface area contributed by atoms with Crippen molar-refractivity contribution in [1.29, 1.82) is 0 Å². The van der Waals surface area contributed by atoms with Crippen molar-refractivity contribution in [3.05, 3.63) is 54.1 Å². The normalized spacial score (nSPS) is 17.3. The Morgan fingerprint density at radius 3 is 2.77 bits per heavy atom. The second-order valence-electron chi connectivity index (χ2n) is 5.34. The number of carbonyl (C=O) groups excluding carboxylic acids is 1. The van der Waals surface area contributed by atoms with E-state index in [1.807, 2.05) is 37.3 Å². The quantitative estimate of drug-likeness (QED) is 0.626. The number of thiocarbonyl (C=S) groups is 1. The first-order valence-electron chi connectivity index (χ1n) is 6.99. The third kappa shape index (κ3) is 2.67. The minimum Gasteiger partial charge on any atom is -0.444 e. The average Bonchev–Trinajstić information content (AvgIpc) is 3.00. The first-order valence-corrected chi connectivity index (χ1v) is 7.46. The summed E-state index contributed by atoms with van der Waals surface area (Å²) in [5.74, 6) is -0.440. The van der Waals surface area contributed by atoms with Gasteiger partial charge >= 0.3 is 5.97 Å². The largest absolute Gasteiger partial charge is 0.444 e. The molecule has 0 radical (unpaired) electrons. The van der Waals surface area contributed by atoms with Gasteiger partial charge in [0.25, 0.3) is 0 Å². The Morgan fingerprint density at radius 2 is 2.18 bits per heavy atom. The van der Waals surface area contributed by atoms with Crippen molar-refractivity contribution in [2.45, 2.75) is 18.6 Å². The summed E-state index contributed by atoms with van der Waals surface area (Å²) in [7, 11) is 0. The van der Waals surface area contributed by atoms with Crippen molar-refractivity contribution in [2.75, 3.05) is 13.2 Å². The van der Waals surface area contributed by atoms with Crippen LogP contribution < -0.4 is 0 Å². The van der Waals surface area contributed by atoms with E-state index in [-0.39, 0.29) is 6.04 Å². The topological polar surface area (TPSA) is 53.4 Å². The molecule has 0 aliphatic carbocycles. The third-order valence-electron chi connectivity index (χ3n) is 3.78. The maximum atomic E-state index is 12.4. The smallest absolute Gasteiger partial charge is 0.357 e. The van der Waals surface area contributed by atoms with E-state index in [0.717, 1.165) is 5.56 Å². The molecule has 0 amide bonds. The number of benzene rings is 1. The van der Waals surface area contributed by atoms with Gasteiger partial charge in [-0.3, -0.25) is 0 Å². The van der Waals surface area contributed by atoms with Gasteiger partial charge in [0.05, 0.1) is 31.8 Å². The summed E-state index contributed by atoms with van der Waals surface area (Å²) in [6, 6.07) is 9.89. The fourth-order valence-electron chi connectivity index (χ4n) is 2.35. The minimum absolute atomic E-state index is 0.0210. The molecule has 0 bridgehead atoms. The standard InChI is InChI=1S/C16H16N2O3S/c1-12(13-5-3-2-4-6-13)18-11-17-7-14(18)15(19)21-16(10-22)8-20-9-16/h2-7,10-12H,8-9H2,1H3/t12-/m1/s1. The van der Waals surface area contributed by atoms with E-state index in [1.54, 1.807) is 10.9 Å². The third-order valence-corrected chi connectivity index (χ3v) is 4.21. The molecule has 0 spiro atoms. The maximum absolute atomic E-state index is 12.4. The lowest BCUT2D eigenvalue weighted by Crippen LogP contribution is -2.54. The fraction of sp³-hybridized carbons (Fsp3) is 0.312. The Morgan fingerprint density at radius 1 is 1.45 bits per heavy atom. The summed E-state index contributed by atoms with van der Waals surface area (Å²) in [4.78, 5) is 16.5. The molecule has 0 N–H and O–H groups in total. The van der Waals surface area contributed by atoms with Crippen LogP contribution in [0.4, 0.5) is 0 Å². The van der Waals surface area contributed by atoms with Gasteiger partial charge in [-0.25, -0.2) is 9.78 Å². The molecule has 0 saturated carbocycles. The van der Waals surface area contributed by atoms with Crippen molar-refractivity contribution in [3.8, 4) is 0 Å². The van der Waals surface area contributed by atoms with Gasteiger partial charge < -0.3 is 14.0 Å². The Bertz CT molecular complexity index is 680. The number of imidazole rings is 1. The average molecular weight is 316 g/mol. The molecule has 1 aromatic heterocycles. The monoisotopic (exact) mass is 316 g/mol. The molecule has 1 saturated heterocycles. The first kappa shape index (κ1) is 14.9. The van der Waals surface area contributed by atoms with E-state index in [2.05, 4.69) is 4.98 Å². The Kier molecular flexibility index (Phi) is 4.04. The Hall–Kier alpha value is -2.05. The van der Waals surface area contributed by atoms with Crippen LogP contribution in [0.2, 0.25) is 0 Å².